The predicted molar refractivity (Wildman–Crippen MR) is 68.4 cm³/mol. The number of hydrogen-bond donors (Lipinski definition) is 1. The van der Waals surface area contributed by atoms with E-state index in [9.17, 15) is 4.79 Å². The van der Waals surface area contributed by atoms with Crippen molar-refractivity contribution in [2.45, 2.75) is 19.5 Å². The van der Waals surface area contributed by atoms with E-state index >= 15 is 0 Å². The van der Waals surface area contributed by atoms with Crippen LogP contribution in [-0.4, -0.2) is 34.0 Å². The van der Waals surface area contributed by atoms with Crippen LogP contribution in [0.1, 0.15) is 12.6 Å². The van der Waals surface area contributed by atoms with Crippen molar-refractivity contribution in [3.05, 3.63) is 29.7 Å². The van der Waals surface area contributed by atoms with Crippen molar-refractivity contribution in [2.24, 2.45) is 0 Å². The van der Waals surface area contributed by atoms with Gasteiger partial charge in [0.15, 0.2) is 0 Å². The number of aromatic nitrogens is 1. The van der Waals surface area contributed by atoms with Gasteiger partial charge in [0.25, 0.3) is 0 Å². The second kappa shape index (κ2) is 5.32. The SMILES string of the molecule is CC(C(=O)O)N(C)Cc1csc(-c2ccoc2)n1. The molecule has 0 fully saturated rings. The molecule has 0 saturated carbocycles. The number of carboxylic acid groups (broad SMARTS) is 1. The topological polar surface area (TPSA) is 66.6 Å². The average Bonchev–Trinajstić information content (AvgIpc) is 2.96. The Morgan fingerprint density at radius 3 is 3.06 bits per heavy atom. The molecule has 18 heavy (non-hydrogen) atoms. The lowest BCUT2D eigenvalue weighted by Gasteiger charge is -2.19. The minimum absolute atomic E-state index is 0.516. The highest BCUT2D eigenvalue weighted by molar-refractivity contribution is 7.13. The van der Waals surface area contributed by atoms with Crippen LogP contribution in [0.3, 0.4) is 0 Å². The summed E-state index contributed by atoms with van der Waals surface area (Å²) in [5.41, 5.74) is 1.81. The minimum atomic E-state index is -0.831. The summed E-state index contributed by atoms with van der Waals surface area (Å²) in [4.78, 5) is 17.1. The van der Waals surface area contributed by atoms with Gasteiger partial charge in [-0.15, -0.1) is 11.3 Å². The Morgan fingerprint density at radius 2 is 2.44 bits per heavy atom. The molecular formula is C12H14N2O3S. The van der Waals surface area contributed by atoms with Crippen LogP contribution < -0.4 is 0 Å². The molecule has 0 aliphatic rings. The fourth-order valence-electron chi connectivity index (χ4n) is 1.48. The van der Waals surface area contributed by atoms with E-state index in [0.29, 0.717) is 6.54 Å². The third kappa shape index (κ3) is 2.77. The van der Waals surface area contributed by atoms with Gasteiger partial charge in [-0.3, -0.25) is 9.69 Å². The summed E-state index contributed by atoms with van der Waals surface area (Å²) in [7, 11) is 1.77. The number of carbonyl (C=O) groups is 1. The molecule has 0 aromatic carbocycles. The first-order valence-electron chi connectivity index (χ1n) is 5.48. The van der Waals surface area contributed by atoms with Crippen molar-refractivity contribution < 1.29 is 14.3 Å². The number of carboxylic acids is 1. The molecule has 2 aromatic rings. The first kappa shape index (κ1) is 12.8. The van der Waals surface area contributed by atoms with Gasteiger partial charge in [0.05, 0.1) is 12.0 Å². The fraction of sp³-hybridized carbons (Fsp3) is 0.333. The second-order valence-electron chi connectivity index (χ2n) is 4.09. The Hall–Kier alpha value is -1.66. The largest absolute Gasteiger partial charge is 0.480 e. The van der Waals surface area contributed by atoms with Gasteiger partial charge < -0.3 is 9.52 Å². The highest BCUT2D eigenvalue weighted by Crippen LogP contribution is 2.24. The van der Waals surface area contributed by atoms with E-state index in [2.05, 4.69) is 4.98 Å². The third-order valence-corrected chi connectivity index (χ3v) is 3.69. The maximum atomic E-state index is 10.9. The van der Waals surface area contributed by atoms with Crippen LogP contribution in [-0.2, 0) is 11.3 Å². The fourth-order valence-corrected chi connectivity index (χ4v) is 2.28. The van der Waals surface area contributed by atoms with Gasteiger partial charge in [0, 0.05) is 17.5 Å². The van der Waals surface area contributed by atoms with Gasteiger partial charge in [-0.1, -0.05) is 0 Å². The first-order valence-corrected chi connectivity index (χ1v) is 6.36. The molecule has 0 spiro atoms. The Kier molecular flexibility index (Phi) is 3.78. The summed E-state index contributed by atoms with van der Waals surface area (Å²) >= 11 is 1.52. The number of thiazole rings is 1. The number of aliphatic carboxylic acids is 1. The predicted octanol–water partition coefficient (Wildman–Crippen LogP) is 2.31. The van der Waals surface area contributed by atoms with Gasteiger partial charge in [-0.2, -0.15) is 0 Å². The normalized spacial score (nSPS) is 12.8. The van der Waals surface area contributed by atoms with Crippen LogP contribution in [0.4, 0.5) is 0 Å². The Balaban J connectivity index is 2.05. The van der Waals surface area contributed by atoms with E-state index in [1.165, 1.54) is 11.3 Å². The summed E-state index contributed by atoms with van der Waals surface area (Å²) in [5, 5.41) is 11.7. The first-order chi connectivity index (χ1) is 8.58. The van der Waals surface area contributed by atoms with Crippen LogP contribution in [0.5, 0.6) is 0 Å². The highest BCUT2D eigenvalue weighted by Gasteiger charge is 2.18. The molecule has 2 heterocycles. The molecule has 1 N–H and O–H groups in total. The Labute approximate surface area is 109 Å². The lowest BCUT2D eigenvalue weighted by atomic mass is 10.3. The standard InChI is InChI=1S/C12H14N2O3S/c1-8(12(15)16)14(2)5-10-7-18-11(13-10)9-3-4-17-6-9/h3-4,6-8H,5H2,1-2H3,(H,15,16). The molecule has 0 bridgehead atoms. The summed E-state index contributed by atoms with van der Waals surface area (Å²) < 4.78 is 5.01. The van der Waals surface area contributed by atoms with Crippen LogP contribution in [0.25, 0.3) is 10.6 Å². The van der Waals surface area contributed by atoms with E-state index in [0.717, 1.165) is 16.3 Å². The van der Waals surface area contributed by atoms with Crippen LogP contribution in [0, 0.1) is 0 Å². The van der Waals surface area contributed by atoms with Gasteiger partial charge in [0.2, 0.25) is 0 Å². The van der Waals surface area contributed by atoms with E-state index in [4.69, 9.17) is 9.52 Å². The molecular weight excluding hydrogens is 252 g/mol. The van der Waals surface area contributed by atoms with Crippen molar-refractivity contribution in [1.82, 2.24) is 9.88 Å². The quantitative estimate of drug-likeness (QED) is 0.899. The summed E-state index contributed by atoms with van der Waals surface area (Å²) in [6, 6.07) is 1.33. The van der Waals surface area contributed by atoms with Crippen molar-refractivity contribution in [1.29, 1.82) is 0 Å². The van der Waals surface area contributed by atoms with Crippen molar-refractivity contribution in [2.75, 3.05) is 7.05 Å². The van der Waals surface area contributed by atoms with Crippen LogP contribution >= 0.6 is 11.3 Å². The van der Waals surface area contributed by atoms with E-state index < -0.39 is 12.0 Å². The van der Waals surface area contributed by atoms with E-state index in [1.54, 1.807) is 31.4 Å². The molecule has 0 saturated heterocycles. The van der Waals surface area contributed by atoms with Crippen molar-refractivity contribution in [3.63, 3.8) is 0 Å². The van der Waals surface area contributed by atoms with Gasteiger partial charge in [-0.05, 0) is 20.0 Å². The molecule has 1 unspecified atom stereocenters. The molecule has 5 nitrogen and oxygen atoms in total. The van der Waals surface area contributed by atoms with Crippen LogP contribution in [0.15, 0.2) is 28.4 Å². The molecule has 0 aliphatic carbocycles. The van der Waals surface area contributed by atoms with Crippen LogP contribution in [0.2, 0.25) is 0 Å². The molecule has 0 aliphatic heterocycles. The molecule has 2 rings (SSSR count). The summed E-state index contributed by atoms with van der Waals surface area (Å²) in [6.07, 6.45) is 3.25. The zero-order valence-electron chi connectivity index (χ0n) is 10.2. The molecule has 0 amide bonds. The van der Waals surface area contributed by atoms with Gasteiger partial charge >= 0.3 is 5.97 Å². The number of hydrogen-bond acceptors (Lipinski definition) is 5. The zero-order chi connectivity index (χ0) is 13.1. The molecule has 1 atom stereocenters. The highest BCUT2D eigenvalue weighted by atomic mass is 32.1. The smallest absolute Gasteiger partial charge is 0.320 e. The molecule has 96 valence electrons. The molecule has 2 aromatic heterocycles. The Morgan fingerprint density at radius 1 is 1.67 bits per heavy atom. The number of rotatable bonds is 5. The summed E-state index contributed by atoms with van der Waals surface area (Å²) in [6.45, 7) is 2.17. The summed E-state index contributed by atoms with van der Waals surface area (Å²) in [5.74, 6) is -0.831. The number of furan rings is 1. The number of nitrogens with zero attached hydrogens (tertiary/aromatic N) is 2. The number of likely N-dealkylation sites (N-methyl/N-ethyl adjacent to an activating group) is 1. The van der Waals surface area contributed by atoms with E-state index in [1.807, 2.05) is 11.4 Å². The average molecular weight is 266 g/mol. The van der Waals surface area contributed by atoms with E-state index in [-0.39, 0.29) is 0 Å². The minimum Gasteiger partial charge on any atom is -0.480 e. The second-order valence-corrected chi connectivity index (χ2v) is 4.94. The Bertz CT molecular complexity index is 521. The zero-order valence-corrected chi connectivity index (χ0v) is 11.0. The van der Waals surface area contributed by atoms with Gasteiger partial charge in [-0.25, -0.2) is 4.98 Å². The lowest BCUT2D eigenvalue weighted by Crippen LogP contribution is -2.35. The third-order valence-electron chi connectivity index (χ3n) is 2.75. The monoisotopic (exact) mass is 266 g/mol. The van der Waals surface area contributed by atoms with Crippen molar-refractivity contribution >= 4 is 17.3 Å². The molecule has 6 heteroatoms. The van der Waals surface area contributed by atoms with Crippen molar-refractivity contribution in [3.8, 4) is 10.6 Å². The lowest BCUT2D eigenvalue weighted by molar-refractivity contribution is -0.142. The van der Waals surface area contributed by atoms with Gasteiger partial charge in [0.1, 0.15) is 17.3 Å². The maximum Gasteiger partial charge on any atom is 0.320 e. The molecule has 0 radical (unpaired) electrons. The maximum absolute atomic E-state index is 10.9.